The molecule has 0 N–H and O–H groups in total. The summed E-state index contributed by atoms with van der Waals surface area (Å²) in [5, 5.41) is 0. The van der Waals surface area contributed by atoms with Gasteiger partial charge >= 0.3 is 11.9 Å². The summed E-state index contributed by atoms with van der Waals surface area (Å²) in [7, 11) is 0. The first-order valence-electron chi connectivity index (χ1n) is 4.57. The Labute approximate surface area is 77.8 Å². The van der Waals surface area contributed by atoms with Gasteiger partial charge in [0.1, 0.15) is 0 Å². The molecular formula is C10H14O3. The fraction of sp³-hybridized carbons (Fsp3) is 0.600. The summed E-state index contributed by atoms with van der Waals surface area (Å²) >= 11 is 0. The molecule has 1 aliphatic heterocycles. The van der Waals surface area contributed by atoms with Crippen LogP contribution in [0.4, 0.5) is 0 Å². The molecule has 2 atom stereocenters. The third-order valence-corrected chi connectivity index (χ3v) is 2.36. The zero-order valence-corrected chi connectivity index (χ0v) is 7.95. The molecule has 2 unspecified atom stereocenters. The fourth-order valence-corrected chi connectivity index (χ4v) is 1.57. The van der Waals surface area contributed by atoms with Gasteiger partial charge < -0.3 is 4.74 Å². The molecule has 1 rings (SSSR count). The van der Waals surface area contributed by atoms with Crippen LogP contribution in [0.3, 0.4) is 0 Å². The zero-order chi connectivity index (χ0) is 9.84. The van der Waals surface area contributed by atoms with Crippen LogP contribution in [0.15, 0.2) is 12.2 Å². The largest absolute Gasteiger partial charge is 0.393 e. The van der Waals surface area contributed by atoms with Crippen molar-refractivity contribution in [2.75, 3.05) is 0 Å². The van der Waals surface area contributed by atoms with Gasteiger partial charge in [0.05, 0.1) is 11.8 Å². The average Bonchev–Trinajstić information content (AvgIpc) is 2.37. The number of carbonyl (C=O) groups is 2. The fourth-order valence-electron chi connectivity index (χ4n) is 1.57. The lowest BCUT2D eigenvalue weighted by molar-refractivity contribution is -0.153. The highest BCUT2D eigenvalue weighted by atomic mass is 16.6. The second-order valence-electron chi connectivity index (χ2n) is 3.17. The standard InChI is InChI=1S/C10H14O3/c1-3-5-6-8-7(4-2)9(11)13-10(8)12/h3,5,7-8H,4,6H2,1-2H3/b5-3-. The normalized spacial score (nSPS) is 28.5. The van der Waals surface area contributed by atoms with Crippen LogP contribution in [0.25, 0.3) is 0 Å². The molecule has 0 bridgehead atoms. The van der Waals surface area contributed by atoms with Gasteiger partial charge in [-0.25, -0.2) is 0 Å². The molecule has 0 aliphatic carbocycles. The zero-order valence-electron chi connectivity index (χ0n) is 7.95. The molecule has 0 aromatic heterocycles. The van der Waals surface area contributed by atoms with E-state index in [9.17, 15) is 9.59 Å². The van der Waals surface area contributed by atoms with Gasteiger partial charge in [0.2, 0.25) is 0 Å². The smallest absolute Gasteiger partial charge is 0.317 e. The second-order valence-corrected chi connectivity index (χ2v) is 3.17. The number of hydrogen-bond acceptors (Lipinski definition) is 3. The molecule has 0 spiro atoms. The van der Waals surface area contributed by atoms with Crippen molar-refractivity contribution in [1.29, 1.82) is 0 Å². The Morgan fingerprint density at radius 2 is 1.92 bits per heavy atom. The molecule has 1 aliphatic rings. The van der Waals surface area contributed by atoms with E-state index < -0.39 is 0 Å². The molecule has 13 heavy (non-hydrogen) atoms. The quantitative estimate of drug-likeness (QED) is 0.379. The van der Waals surface area contributed by atoms with Crippen molar-refractivity contribution < 1.29 is 14.3 Å². The Balaban J connectivity index is 2.69. The SMILES string of the molecule is C/C=C\CC1C(=O)OC(=O)C1CC. The maximum absolute atomic E-state index is 11.2. The number of carbonyl (C=O) groups excluding carboxylic acids is 2. The van der Waals surface area contributed by atoms with Crippen molar-refractivity contribution in [2.24, 2.45) is 11.8 Å². The highest BCUT2D eigenvalue weighted by molar-refractivity contribution is 5.96. The van der Waals surface area contributed by atoms with Crippen LogP contribution in [-0.2, 0) is 14.3 Å². The summed E-state index contributed by atoms with van der Waals surface area (Å²) in [4.78, 5) is 22.3. The van der Waals surface area contributed by atoms with Crippen molar-refractivity contribution in [3.05, 3.63) is 12.2 Å². The molecule has 1 saturated heterocycles. The van der Waals surface area contributed by atoms with E-state index >= 15 is 0 Å². The number of cyclic esters (lactones) is 2. The number of ether oxygens (including phenoxy) is 1. The molecule has 0 saturated carbocycles. The van der Waals surface area contributed by atoms with Crippen molar-refractivity contribution in [2.45, 2.75) is 26.7 Å². The van der Waals surface area contributed by atoms with E-state index in [0.29, 0.717) is 12.8 Å². The molecule has 3 heteroatoms. The first kappa shape index (κ1) is 9.96. The Bertz CT molecular complexity index is 243. The van der Waals surface area contributed by atoms with Gasteiger partial charge in [-0.15, -0.1) is 0 Å². The predicted octanol–water partition coefficient (Wildman–Crippen LogP) is 1.68. The molecule has 0 amide bonds. The third-order valence-electron chi connectivity index (χ3n) is 2.36. The Hall–Kier alpha value is -1.12. The van der Waals surface area contributed by atoms with Crippen LogP contribution in [-0.4, -0.2) is 11.9 Å². The molecule has 3 nitrogen and oxygen atoms in total. The lowest BCUT2D eigenvalue weighted by Crippen LogP contribution is -2.16. The van der Waals surface area contributed by atoms with Gasteiger partial charge in [0.25, 0.3) is 0 Å². The summed E-state index contributed by atoms with van der Waals surface area (Å²) in [6.45, 7) is 3.79. The van der Waals surface area contributed by atoms with E-state index in [1.165, 1.54) is 0 Å². The average molecular weight is 182 g/mol. The van der Waals surface area contributed by atoms with Crippen molar-refractivity contribution >= 4 is 11.9 Å². The van der Waals surface area contributed by atoms with Gasteiger partial charge in [-0.05, 0) is 19.8 Å². The summed E-state index contributed by atoms with van der Waals surface area (Å²) in [5.74, 6) is -1.21. The van der Waals surface area contributed by atoms with Crippen LogP contribution < -0.4 is 0 Å². The number of rotatable bonds is 3. The van der Waals surface area contributed by atoms with Crippen molar-refractivity contribution in [1.82, 2.24) is 0 Å². The van der Waals surface area contributed by atoms with Crippen LogP contribution >= 0.6 is 0 Å². The molecule has 0 aromatic rings. The molecule has 0 radical (unpaired) electrons. The third kappa shape index (κ3) is 1.97. The van der Waals surface area contributed by atoms with Crippen LogP contribution in [0, 0.1) is 11.8 Å². The highest BCUT2D eigenvalue weighted by Gasteiger charge is 2.41. The first-order valence-corrected chi connectivity index (χ1v) is 4.57. The Morgan fingerprint density at radius 1 is 1.31 bits per heavy atom. The maximum Gasteiger partial charge on any atom is 0.317 e. The van der Waals surface area contributed by atoms with Crippen LogP contribution in [0.1, 0.15) is 26.7 Å². The van der Waals surface area contributed by atoms with E-state index in [-0.39, 0.29) is 23.8 Å². The maximum atomic E-state index is 11.2. The summed E-state index contributed by atoms with van der Waals surface area (Å²) < 4.78 is 4.56. The van der Waals surface area contributed by atoms with Crippen LogP contribution in [0.5, 0.6) is 0 Å². The van der Waals surface area contributed by atoms with E-state index in [1.807, 2.05) is 26.0 Å². The van der Waals surface area contributed by atoms with E-state index in [0.717, 1.165) is 0 Å². The van der Waals surface area contributed by atoms with E-state index in [2.05, 4.69) is 4.74 Å². The van der Waals surface area contributed by atoms with E-state index in [4.69, 9.17) is 0 Å². The molecule has 72 valence electrons. The predicted molar refractivity (Wildman–Crippen MR) is 47.8 cm³/mol. The number of allylic oxidation sites excluding steroid dienone is 2. The lowest BCUT2D eigenvalue weighted by Gasteiger charge is -2.07. The topological polar surface area (TPSA) is 43.4 Å². The highest BCUT2D eigenvalue weighted by Crippen LogP contribution is 2.29. The van der Waals surface area contributed by atoms with Gasteiger partial charge in [0, 0.05) is 0 Å². The van der Waals surface area contributed by atoms with Gasteiger partial charge in [-0.3, -0.25) is 9.59 Å². The molecule has 1 heterocycles. The van der Waals surface area contributed by atoms with Crippen molar-refractivity contribution in [3.8, 4) is 0 Å². The monoisotopic (exact) mass is 182 g/mol. The number of esters is 2. The molecule has 1 fully saturated rings. The van der Waals surface area contributed by atoms with Gasteiger partial charge in [-0.1, -0.05) is 19.1 Å². The minimum atomic E-state index is -0.366. The summed E-state index contributed by atoms with van der Waals surface area (Å²) in [5.41, 5.74) is 0. The summed E-state index contributed by atoms with van der Waals surface area (Å²) in [6.07, 6.45) is 5.06. The minimum Gasteiger partial charge on any atom is -0.393 e. The Kier molecular flexibility index (Phi) is 3.23. The van der Waals surface area contributed by atoms with E-state index in [1.54, 1.807) is 0 Å². The van der Waals surface area contributed by atoms with Gasteiger partial charge in [0.15, 0.2) is 0 Å². The number of hydrogen-bond donors (Lipinski definition) is 0. The lowest BCUT2D eigenvalue weighted by atomic mass is 9.90. The second kappa shape index (κ2) is 4.21. The Morgan fingerprint density at radius 3 is 2.46 bits per heavy atom. The minimum absolute atomic E-state index is 0.233. The first-order chi connectivity index (χ1) is 6.20. The van der Waals surface area contributed by atoms with Gasteiger partial charge in [-0.2, -0.15) is 0 Å². The van der Waals surface area contributed by atoms with Crippen molar-refractivity contribution in [3.63, 3.8) is 0 Å². The molecular weight excluding hydrogens is 168 g/mol. The summed E-state index contributed by atoms with van der Waals surface area (Å²) in [6, 6.07) is 0. The molecule has 0 aromatic carbocycles. The van der Waals surface area contributed by atoms with Crippen LogP contribution in [0.2, 0.25) is 0 Å².